The Morgan fingerprint density at radius 2 is 1.75 bits per heavy atom. The molecule has 1 aliphatic carbocycles. The monoisotopic (exact) mass is 751 g/mol. The molecule has 8 rings (SSSR count). The molecule has 0 radical (unpaired) electrons. The molecule has 25 heteroatoms. The first kappa shape index (κ1) is 32.6. The SMILES string of the molecule is Nc1nc2c(ncn2[C@@H]2O[C@@H]3COP(O)(=S)O[C@H]4[C@H](n5ccc6c(N)ncnc65)O[C@H](COP(O)(=S)O[C@H]3[C@H]2O)[C@]42CC2(F)F)c(=O)[nH]1. The van der Waals surface area contributed by atoms with Gasteiger partial charge in [0.2, 0.25) is 5.95 Å². The van der Waals surface area contributed by atoms with Crippen LogP contribution in [0.3, 0.4) is 0 Å². The van der Waals surface area contributed by atoms with Crippen molar-refractivity contribution in [1.29, 1.82) is 0 Å². The van der Waals surface area contributed by atoms with Gasteiger partial charge < -0.3 is 49.4 Å². The standard InChI is InChI=1S/C23H25F2N9O10P2S2/c24-23(25)5-22(23)10-4-40-45(37,47)43-13-9(41-19(12(13)35)34-7-30-11-17(34)31-21(27)32-18(11)36)3-39-46(38,48)44-14(22)20(42-10)33-2-1-8-15(26)28-6-29-16(8)33/h1-2,6-7,9-10,12-14,19-20,35H,3-5H2,(H,37,47)(H,38,48)(H2,26,28,29)(H3,27,31,32,36)/t9-,10-,12-,13-,14+,19-,20-,22-,45?,46?/m1/s1. The van der Waals surface area contributed by atoms with Gasteiger partial charge in [-0.15, -0.1) is 0 Å². The molecule has 3 saturated heterocycles. The molecule has 19 nitrogen and oxygen atoms in total. The van der Waals surface area contributed by atoms with Crippen LogP contribution in [0.15, 0.2) is 29.7 Å². The number of nitrogen functional groups attached to an aromatic ring is 2. The van der Waals surface area contributed by atoms with Crippen molar-refractivity contribution in [3.05, 3.63) is 35.3 Å². The number of rotatable bonds is 2. The number of fused-ring (bicyclic) bond motifs is 3. The summed E-state index contributed by atoms with van der Waals surface area (Å²) in [4.78, 5) is 53.3. The Balaban J connectivity index is 1.15. The molecule has 4 aliphatic rings. The van der Waals surface area contributed by atoms with Gasteiger partial charge in [-0.3, -0.25) is 23.4 Å². The second-order valence-corrected chi connectivity index (χ2v) is 17.2. The minimum Gasteiger partial charge on any atom is -0.386 e. The predicted molar refractivity (Wildman–Crippen MR) is 165 cm³/mol. The zero-order chi connectivity index (χ0) is 34.0. The summed E-state index contributed by atoms with van der Waals surface area (Å²) in [7, 11) is 0. The Hall–Kier alpha value is -2.63. The zero-order valence-corrected chi connectivity index (χ0v) is 27.4. The topological polar surface area (TPSA) is 262 Å². The highest BCUT2D eigenvalue weighted by atomic mass is 32.5. The fourth-order valence-electron chi connectivity index (χ4n) is 6.55. The van der Waals surface area contributed by atoms with E-state index in [1.54, 1.807) is 6.07 Å². The molecule has 4 fully saturated rings. The number of hydrogen-bond donors (Lipinski definition) is 6. The van der Waals surface area contributed by atoms with Crippen LogP contribution in [0.25, 0.3) is 22.2 Å². The number of aromatic nitrogens is 7. The Morgan fingerprint density at radius 3 is 2.50 bits per heavy atom. The van der Waals surface area contributed by atoms with Gasteiger partial charge in [-0.2, -0.15) is 4.98 Å². The van der Waals surface area contributed by atoms with Crippen LogP contribution in [-0.2, 0) is 51.2 Å². The van der Waals surface area contributed by atoms with Crippen molar-refractivity contribution in [2.75, 3.05) is 24.7 Å². The van der Waals surface area contributed by atoms with Crippen LogP contribution < -0.4 is 17.0 Å². The highest BCUT2D eigenvalue weighted by Crippen LogP contribution is 2.73. The number of nitrogens with zero attached hydrogens (tertiary/aromatic N) is 6. The van der Waals surface area contributed by atoms with Gasteiger partial charge in [0.15, 0.2) is 23.6 Å². The van der Waals surface area contributed by atoms with Crippen molar-refractivity contribution in [3.8, 4) is 0 Å². The summed E-state index contributed by atoms with van der Waals surface area (Å²) in [5, 5.41) is 11.7. The van der Waals surface area contributed by atoms with Crippen molar-refractivity contribution >= 4 is 71.0 Å². The Bertz CT molecular complexity index is 2120. The molecule has 2 bridgehead atoms. The first-order valence-corrected chi connectivity index (χ1v) is 19.3. The molecule has 8 N–H and O–H groups in total. The van der Waals surface area contributed by atoms with Gasteiger partial charge in [0.1, 0.15) is 42.2 Å². The number of aliphatic hydroxyl groups excluding tert-OH is 1. The fourth-order valence-corrected chi connectivity index (χ4v) is 9.42. The third-order valence-corrected chi connectivity index (χ3v) is 12.0. The summed E-state index contributed by atoms with van der Waals surface area (Å²) in [6, 6.07) is 1.56. The number of H-pyrrole nitrogens is 1. The average molecular weight is 752 g/mol. The van der Waals surface area contributed by atoms with Crippen molar-refractivity contribution < 1.29 is 51.2 Å². The largest absolute Gasteiger partial charge is 0.386 e. The molecular formula is C23H25F2N9O10P2S2. The molecule has 1 saturated carbocycles. The van der Waals surface area contributed by atoms with E-state index in [4.69, 9.17) is 62.6 Å². The third-order valence-electron chi connectivity index (χ3n) is 8.86. The number of anilines is 2. The smallest absolute Gasteiger partial charge is 0.325 e. The van der Waals surface area contributed by atoms with E-state index in [0.29, 0.717) is 5.39 Å². The van der Waals surface area contributed by atoms with E-state index in [-0.39, 0.29) is 28.6 Å². The van der Waals surface area contributed by atoms with E-state index in [9.17, 15) is 19.7 Å². The van der Waals surface area contributed by atoms with Crippen molar-refractivity contribution in [1.82, 2.24) is 34.1 Å². The van der Waals surface area contributed by atoms with Crippen LogP contribution in [0.4, 0.5) is 20.5 Å². The van der Waals surface area contributed by atoms with Gasteiger partial charge >= 0.3 is 13.4 Å². The molecule has 0 aromatic carbocycles. The van der Waals surface area contributed by atoms with E-state index >= 15 is 8.78 Å². The van der Waals surface area contributed by atoms with E-state index in [1.807, 2.05) is 0 Å². The number of aliphatic hydroxyl groups is 1. The van der Waals surface area contributed by atoms with Crippen LogP contribution in [0, 0.1) is 5.41 Å². The minimum atomic E-state index is -4.42. The maximum Gasteiger partial charge on any atom is 0.325 e. The summed E-state index contributed by atoms with van der Waals surface area (Å²) in [6.07, 6.45) is -7.23. The summed E-state index contributed by atoms with van der Waals surface area (Å²) in [6.45, 7) is -10.1. The van der Waals surface area contributed by atoms with Gasteiger partial charge in [0, 0.05) is 12.6 Å². The Labute approximate surface area is 276 Å². The maximum atomic E-state index is 15.4. The lowest BCUT2D eigenvalue weighted by Crippen LogP contribution is -2.37. The number of hydrogen-bond acceptors (Lipinski definition) is 16. The molecule has 48 heavy (non-hydrogen) atoms. The number of aromatic amines is 1. The van der Waals surface area contributed by atoms with Crippen molar-refractivity contribution in [2.45, 2.75) is 55.3 Å². The maximum absolute atomic E-state index is 15.4. The second-order valence-electron chi connectivity index (χ2n) is 11.6. The lowest BCUT2D eigenvalue weighted by molar-refractivity contribution is -0.0607. The number of nitrogens with one attached hydrogen (secondary N) is 1. The molecule has 1 spiro atoms. The highest BCUT2D eigenvalue weighted by molar-refractivity contribution is 8.07. The molecule has 0 amide bonds. The molecule has 7 heterocycles. The van der Waals surface area contributed by atoms with Crippen LogP contribution >= 0.6 is 13.4 Å². The predicted octanol–water partition coefficient (Wildman–Crippen LogP) is 0.161. The summed E-state index contributed by atoms with van der Waals surface area (Å²) in [5.74, 6) is -3.50. The number of halogens is 2. The molecule has 10 atom stereocenters. The summed E-state index contributed by atoms with van der Waals surface area (Å²) >= 11 is 10.5. The van der Waals surface area contributed by atoms with E-state index in [2.05, 4.69) is 24.9 Å². The van der Waals surface area contributed by atoms with Crippen molar-refractivity contribution in [2.24, 2.45) is 5.41 Å². The Morgan fingerprint density at radius 1 is 1.02 bits per heavy atom. The van der Waals surface area contributed by atoms with E-state index < -0.39 is 92.9 Å². The van der Waals surface area contributed by atoms with Crippen LogP contribution in [-0.4, -0.2) is 98.6 Å². The van der Waals surface area contributed by atoms with Gasteiger partial charge in [0.25, 0.3) is 11.5 Å². The Kier molecular flexibility index (Phi) is 7.42. The molecule has 3 aliphatic heterocycles. The highest BCUT2D eigenvalue weighted by Gasteiger charge is 2.83. The van der Waals surface area contributed by atoms with Gasteiger partial charge in [-0.1, -0.05) is 0 Å². The molecule has 2 unspecified atom stereocenters. The molecule has 258 valence electrons. The van der Waals surface area contributed by atoms with Crippen LogP contribution in [0.2, 0.25) is 0 Å². The molecule has 4 aromatic heterocycles. The number of nitrogens with two attached hydrogens (primary N) is 2. The average Bonchev–Trinajstić information content (AvgIpc) is 3.49. The zero-order valence-electron chi connectivity index (χ0n) is 24.0. The lowest BCUT2D eigenvalue weighted by Gasteiger charge is -2.29. The number of alkyl halides is 2. The minimum absolute atomic E-state index is 0.0506. The molecular weight excluding hydrogens is 726 g/mol. The lowest BCUT2D eigenvalue weighted by atomic mass is 9.94. The summed E-state index contributed by atoms with van der Waals surface area (Å²) in [5.41, 5.74) is 8.97. The number of imidazole rings is 1. The molecule has 4 aromatic rings. The fraction of sp³-hybridized carbons (Fsp3) is 0.522. The quantitative estimate of drug-likeness (QED) is 0.149. The summed E-state index contributed by atoms with van der Waals surface area (Å²) < 4.78 is 68.2. The first-order valence-electron chi connectivity index (χ1n) is 14.1. The third kappa shape index (κ3) is 5.03. The van der Waals surface area contributed by atoms with E-state index in [1.165, 1.54) is 21.7 Å². The van der Waals surface area contributed by atoms with Crippen LogP contribution in [0.1, 0.15) is 18.9 Å². The van der Waals surface area contributed by atoms with E-state index in [0.717, 1.165) is 6.33 Å². The van der Waals surface area contributed by atoms with Gasteiger partial charge in [0.05, 0.1) is 36.4 Å². The van der Waals surface area contributed by atoms with Crippen molar-refractivity contribution in [3.63, 3.8) is 0 Å². The van der Waals surface area contributed by atoms with Gasteiger partial charge in [-0.25, -0.2) is 23.7 Å². The second kappa shape index (κ2) is 10.9. The first-order chi connectivity index (χ1) is 22.6. The normalized spacial score (nSPS) is 39.6. The number of ether oxygens (including phenoxy) is 2. The van der Waals surface area contributed by atoms with Crippen LogP contribution in [0.5, 0.6) is 0 Å². The van der Waals surface area contributed by atoms with Gasteiger partial charge in [-0.05, 0) is 29.7 Å².